The van der Waals surface area contributed by atoms with E-state index in [4.69, 9.17) is 11.6 Å². The molecule has 0 atom stereocenters. The highest BCUT2D eigenvalue weighted by atomic mass is 35.5. The number of benzene rings is 1. The molecule has 1 saturated carbocycles. The monoisotopic (exact) mass is 338 g/mol. The van der Waals surface area contributed by atoms with Crippen LogP contribution in [0.15, 0.2) is 18.2 Å². The van der Waals surface area contributed by atoms with E-state index < -0.39 is 17.3 Å². The predicted octanol–water partition coefficient (Wildman–Crippen LogP) is 2.01. The van der Waals surface area contributed by atoms with Crippen LogP contribution in [0, 0.1) is 12.7 Å². The van der Waals surface area contributed by atoms with Gasteiger partial charge in [0.2, 0.25) is 0 Å². The molecule has 1 fully saturated rings. The van der Waals surface area contributed by atoms with Gasteiger partial charge in [0.25, 0.3) is 5.91 Å². The van der Waals surface area contributed by atoms with Crippen molar-refractivity contribution in [3.8, 4) is 5.69 Å². The van der Waals surface area contributed by atoms with Gasteiger partial charge in [-0.2, -0.15) is 0 Å². The van der Waals surface area contributed by atoms with Crippen molar-refractivity contribution in [2.24, 2.45) is 0 Å². The van der Waals surface area contributed by atoms with Crippen LogP contribution in [0.4, 0.5) is 4.39 Å². The molecule has 1 aromatic heterocycles. The first-order chi connectivity index (χ1) is 10.9. The van der Waals surface area contributed by atoms with E-state index in [1.165, 1.54) is 22.9 Å². The summed E-state index contributed by atoms with van der Waals surface area (Å²) in [5, 5.41) is 20.6. The molecule has 3 rings (SSSR count). The normalized spacial score (nSPS) is 16.0. The molecule has 1 aliphatic carbocycles. The quantitative estimate of drug-likeness (QED) is 0.893. The Labute approximate surface area is 137 Å². The smallest absolute Gasteiger partial charge is 0.273 e. The van der Waals surface area contributed by atoms with Gasteiger partial charge in [-0.1, -0.05) is 16.8 Å². The molecule has 8 heteroatoms. The van der Waals surface area contributed by atoms with Crippen molar-refractivity contribution in [1.82, 2.24) is 20.3 Å². The van der Waals surface area contributed by atoms with Gasteiger partial charge in [0.05, 0.1) is 11.3 Å². The number of nitrogens with zero attached hydrogens (tertiary/aromatic N) is 3. The summed E-state index contributed by atoms with van der Waals surface area (Å²) in [5.41, 5.74) is -0.148. The summed E-state index contributed by atoms with van der Waals surface area (Å²) in [7, 11) is 0. The molecule has 0 radical (unpaired) electrons. The van der Waals surface area contributed by atoms with Gasteiger partial charge in [-0.25, -0.2) is 9.07 Å². The molecule has 0 spiro atoms. The fourth-order valence-corrected chi connectivity index (χ4v) is 2.67. The van der Waals surface area contributed by atoms with Crippen molar-refractivity contribution >= 4 is 17.5 Å². The van der Waals surface area contributed by atoms with Crippen LogP contribution >= 0.6 is 11.6 Å². The topological polar surface area (TPSA) is 80.0 Å². The molecule has 122 valence electrons. The number of nitrogens with one attached hydrogen (secondary N) is 1. The van der Waals surface area contributed by atoms with E-state index in [1.807, 2.05) is 0 Å². The third-order valence-corrected chi connectivity index (χ3v) is 4.34. The number of hydrogen-bond donors (Lipinski definition) is 2. The van der Waals surface area contributed by atoms with Gasteiger partial charge in [-0.15, -0.1) is 5.10 Å². The first-order valence-electron chi connectivity index (χ1n) is 7.28. The number of hydrogen-bond acceptors (Lipinski definition) is 4. The SMILES string of the molecule is Cc1c(C(=O)NCC2(O)CCC2)nnn1-c1ccc(Cl)cc1F. The van der Waals surface area contributed by atoms with Crippen molar-refractivity contribution in [3.63, 3.8) is 0 Å². The van der Waals surface area contributed by atoms with Crippen molar-refractivity contribution < 1.29 is 14.3 Å². The maximum atomic E-state index is 14.0. The molecule has 0 unspecified atom stereocenters. The number of rotatable bonds is 4. The zero-order valence-corrected chi connectivity index (χ0v) is 13.3. The molecule has 0 aliphatic heterocycles. The van der Waals surface area contributed by atoms with Crippen LogP contribution in [-0.2, 0) is 0 Å². The zero-order valence-electron chi connectivity index (χ0n) is 12.5. The second kappa shape index (κ2) is 5.90. The highest BCUT2D eigenvalue weighted by Crippen LogP contribution is 2.30. The van der Waals surface area contributed by atoms with Gasteiger partial charge in [0.1, 0.15) is 11.5 Å². The average molecular weight is 339 g/mol. The minimum atomic E-state index is -0.818. The summed E-state index contributed by atoms with van der Waals surface area (Å²) in [4.78, 5) is 12.2. The maximum absolute atomic E-state index is 14.0. The van der Waals surface area contributed by atoms with E-state index in [-0.39, 0.29) is 22.9 Å². The molecule has 2 aromatic rings. The summed E-state index contributed by atoms with van der Waals surface area (Å²) in [6.07, 6.45) is 2.31. The van der Waals surface area contributed by atoms with Crippen LogP contribution < -0.4 is 5.32 Å². The molecule has 2 N–H and O–H groups in total. The highest BCUT2D eigenvalue weighted by molar-refractivity contribution is 6.30. The molecule has 6 nitrogen and oxygen atoms in total. The van der Waals surface area contributed by atoms with E-state index in [1.54, 1.807) is 6.92 Å². The molecule has 0 saturated heterocycles. The number of aliphatic hydroxyl groups is 1. The van der Waals surface area contributed by atoms with Gasteiger partial charge in [-0.3, -0.25) is 4.79 Å². The Bertz CT molecular complexity index is 758. The van der Waals surface area contributed by atoms with Crippen molar-refractivity contribution in [1.29, 1.82) is 0 Å². The summed E-state index contributed by atoms with van der Waals surface area (Å²) in [6, 6.07) is 4.18. The largest absolute Gasteiger partial charge is 0.388 e. The van der Waals surface area contributed by atoms with Gasteiger partial charge in [0, 0.05) is 11.6 Å². The highest BCUT2D eigenvalue weighted by Gasteiger charge is 2.35. The Morgan fingerprint density at radius 1 is 1.52 bits per heavy atom. The second-order valence-corrected chi connectivity index (χ2v) is 6.23. The minimum absolute atomic E-state index is 0.0993. The van der Waals surface area contributed by atoms with Gasteiger partial charge < -0.3 is 10.4 Å². The predicted molar refractivity (Wildman–Crippen MR) is 82.2 cm³/mol. The second-order valence-electron chi connectivity index (χ2n) is 5.79. The van der Waals surface area contributed by atoms with E-state index in [9.17, 15) is 14.3 Å². The lowest BCUT2D eigenvalue weighted by molar-refractivity contribution is -0.0300. The van der Waals surface area contributed by atoms with E-state index in [0.29, 0.717) is 18.5 Å². The molecular weight excluding hydrogens is 323 g/mol. The number of amides is 1. The van der Waals surface area contributed by atoms with E-state index in [0.717, 1.165) is 6.42 Å². The Morgan fingerprint density at radius 3 is 2.87 bits per heavy atom. The molecule has 1 aromatic carbocycles. The first kappa shape index (κ1) is 15.9. The molecule has 0 bridgehead atoms. The number of carbonyl (C=O) groups is 1. The van der Waals surface area contributed by atoms with Crippen LogP contribution in [0.5, 0.6) is 0 Å². The minimum Gasteiger partial charge on any atom is -0.388 e. The molecular formula is C15H16ClFN4O2. The zero-order chi connectivity index (χ0) is 16.6. The average Bonchev–Trinajstić information content (AvgIpc) is 2.84. The van der Waals surface area contributed by atoms with E-state index >= 15 is 0 Å². The fourth-order valence-electron chi connectivity index (χ4n) is 2.51. The molecule has 1 amide bonds. The molecule has 23 heavy (non-hydrogen) atoms. The lowest BCUT2D eigenvalue weighted by Gasteiger charge is -2.36. The summed E-state index contributed by atoms with van der Waals surface area (Å²) in [5.74, 6) is -0.996. The van der Waals surface area contributed by atoms with Crippen molar-refractivity contribution in [3.05, 3.63) is 40.4 Å². The Hall–Kier alpha value is -1.99. The third-order valence-electron chi connectivity index (χ3n) is 4.11. The standard InChI is InChI=1S/C15H16ClFN4O2/c1-9-13(14(22)18-8-15(23)5-2-6-15)19-20-21(9)12-4-3-10(16)7-11(12)17/h3-4,7,23H,2,5-6,8H2,1H3,(H,18,22). The number of aromatic nitrogens is 3. The Morgan fingerprint density at radius 2 is 2.26 bits per heavy atom. The summed E-state index contributed by atoms with van der Waals surface area (Å²) < 4.78 is 15.2. The Kier molecular flexibility index (Phi) is 4.08. The maximum Gasteiger partial charge on any atom is 0.273 e. The van der Waals surface area contributed by atoms with E-state index in [2.05, 4.69) is 15.6 Å². The van der Waals surface area contributed by atoms with Gasteiger partial charge in [-0.05, 0) is 44.4 Å². The van der Waals surface area contributed by atoms with Crippen LogP contribution in [0.2, 0.25) is 5.02 Å². The van der Waals surface area contributed by atoms with Gasteiger partial charge >= 0.3 is 0 Å². The van der Waals surface area contributed by atoms with Crippen LogP contribution in [-0.4, -0.2) is 38.2 Å². The molecule has 1 heterocycles. The van der Waals surface area contributed by atoms with Crippen LogP contribution in [0.3, 0.4) is 0 Å². The lowest BCUT2D eigenvalue weighted by atomic mass is 9.80. The Balaban J connectivity index is 1.79. The lowest BCUT2D eigenvalue weighted by Crippen LogP contribution is -2.47. The third kappa shape index (κ3) is 3.07. The molecule has 1 aliphatic rings. The van der Waals surface area contributed by atoms with Crippen molar-refractivity contribution in [2.75, 3.05) is 6.54 Å². The first-order valence-corrected chi connectivity index (χ1v) is 7.66. The summed E-state index contributed by atoms with van der Waals surface area (Å²) in [6.45, 7) is 1.80. The van der Waals surface area contributed by atoms with Crippen LogP contribution in [0.25, 0.3) is 5.69 Å². The van der Waals surface area contributed by atoms with Gasteiger partial charge in [0.15, 0.2) is 5.69 Å². The number of carbonyl (C=O) groups excluding carboxylic acids is 1. The van der Waals surface area contributed by atoms with Crippen molar-refractivity contribution in [2.45, 2.75) is 31.8 Å². The number of halogens is 2. The summed E-state index contributed by atoms with van der Waals surface area (Å²) >= 11 is 5.73. The van der Waals surface area contributed by atoms with Crippen LogP contribution in [0.1, 0.15) is 35.4 Å². The fraction of sp³-hybridized carbons (Fsp3) is 0.400.